The maximum Gasteiger partial charge on any atom is 0.102 e. The fourth-order valence-corrected chi connectivity index (χ4v) is 6.86. The molecule has 0 spiro atoms. The lowest BCUT2D eigenvalue weighted by Crippen LogP contribution is -2.10. The molecular formula is C39H32N4. The molecular weight excluding hydrogens is 524 g/mol. The third-order valence-electron chi connectivity index (χ3n) is 8.76. The van der Waals surface area contributed by atoms with E-state index in [1.165, 1.54) is 22.3 Å². The van der Waals surface area contributed by atoms with Crippen LogP contribution in [0.25, 0.3) is 55.0 Å². The van der Waals surface area contributed by atoms with Gasteiger partial charge in [-0.05, 0) is 93.8 Å². The molecule has 0 aliphatic carbocycles. The fraction of sp³-hybridized carbons (Fsp3) is 0.179. The molecule has 2 heterocycles. The van der Waals surface area contributed by atoms with E-state index in [0.29, 0.717) is 11.1 Å². The Morgan fingerprint density at radius 2 is 0.791 bits per heavy atom. The minimum absolute atomic E-state index is 0.0434. The summed E-state index contributed by atoms with van der Waals surface area (Å²) in [4.78, 5) is 0. The lowest BCUT2D eigenvalue weighted by molar-refractivity contribution is 0.852. The van der Waals surface area contributed by atoms with Gasteiger partial charge in [0, 0.05) is 21.5 Å². The number of aromatic nitrogens is 2. The largest absolute Gasteiger partial charge is 0.308 e. The Morgan fingerprint density at radius 1 is 0.488 bits per heavy atom. The third-order valence-corrected chi connectivity index (χ3v) is 8.76. The third kappa shape index (κ3) is 3.88. The summed E-state index contributed by atoms with van der Waals surface area (Å²) in [7, 11) is 0. The summed E-state index contributed by atoms with van der Waals surface area (Å²) in [5.41, 5.74) is 12.4. The standard InChI is InChI=1S/C39H32N4/c1-22(2)39-31(20-40)37(42-33-11-7-23(3)15-27(33)28-16-24(4)8-12-34(28)42)19-38(32(39)21-41)43-35-13-9-25(5)17-29(35)30-18-26(6)10-14-36(30)43/h7-19,22H,1-6H3. The number of hydrogen-bond acceptors (Lipinski definition) is 2. The van der Waals surface area contributed by atoms with Crippen LogP contribution in [-0.2, 0) is 0 Å². The zero-order chi connectivity index (χ0) is 30.2. The van der Waals surface area contributed by atoms with E-state index in [2.05, 4.69) is 142 Å². The smallest absolute Gasteiger partial charge is 0.102 e. The van der Waals surface area contributed by atoms with Crippen LogP contribution in [0.3, 0.4) is 0 Å². The molecule has 7 aromatic rings. The summed E-state index contributed by atoms with van der Waals surface area (Å²) in [6.45, 7) is 12.6. The predicted octanol–water partition coefficient (Wildman–Crippen LogP) is 9.98. The zero-order valence-corrected chi connectivity index (χ0v) is 25.4. The van der Waals surface area contributed by atoms with Gasteiger partial charge in [-0.2, -0.15) is 10.5 Å². The highest BCUT2D eigenvalue weighted by Crippen LogP contribution is 2.41. The van der Waals surface area contributed by atoms with Crippen molar-refractivity contribution in [2.24, 2.45) is 0 Å². The van der Waals surface area contributed by atoms with Crippen molar-refractivity contribution in [3.05, 3.63) is 118 Å². The molecule has 7 rings (SSSR count). The molecule has 4 nitrogen and oxygen atoms in total. The van der Waals surface area contributed by atoms with Crippen molar-refractivity contribution in [3.8, 4) is 23.5 Å². The number of benzene rings is 5. The van der Waals surface area contributed by atoms with E-state index in [9.17, 15) is 10.5 Å². The molecule has 0 fully saturated rings. The van der Waals surface area contributed by atoms with E-state index in [4.69, 9.17) is 0 Å². The van der Waals surface area contributed by atoms with E-state index in [1.807, 2.05) is 0 Å². The summed E-state index contributed by atoms with van der Waals surface area (Å²) in [6.07, 6.45) is 0. The van der Waals surface area contributed by atoms with Crippen molar-refractivity contribution in [2.45, 2.75) is 47.5 Å². The highest BCUT2D eigenvalue weighted by atomic mass is 15.0. The normalized spacial score (nSPS) is 11.7. The number of aryl methyl sites for hydroxylation is 4. The molecule has 0 radical (unpaired) electrons. The van der Waals surface area contributed by atoms with E-state index < -0.39 is 0 Å². The summed E-state index contributed by atoms with van der Waals surface area (Å²) in [5.74, 6) is -0.0434. The second kappa shape index (κ2) is 9.62. The molecule has 0 aliphatic rings. The van der Waals surface area contributed by atoms with Crippen molar-refractivity contribution in [2.75, 3.05) is 0 Å². The van der Waals surface area contributed by atoms with Crippen LogP contribution in [0, 0.1) is 50.4 Å². The number of hydrogen-bond donors (Lipinski definition) is 0. The molecule has 0 saturated heterocycles. The van der Waals surface area contributed by atoms with Crippen molar-refractivity contribution in [1.82, 2.24) is 9.13 Å². The molecule has 5 aromatic carbocycles. The quantitative estimate of drug-likeness (QED) is 0.217. The molecule has 0 amide bonds. The molecule has 43 heavy (non-hydrogen) atoms. The zero-order valence-electron chi connectivity index (χ0n) is 25.4. The first kappa shape index (κ1) is 26.6. The Balaban J connectivity index is 1.71. The minimum Gasteiger partial charge on any atom is -0.308 e. The van der Waals surface area contributed by atoms with E-state index in [1.54, 1.807) is 0 Å². The lowest BCUT2D eigenvalue weighted by atomic mass is 9.90. The van der Waals surface area contributed by atoms with Crippen LogP contribution in [0.2, 0.25) is 0 Å². The highest BCUT2D eigenvalue weighted by Gasteiger charge is 2.26. The molecule has 0 atom stereocenters. The number of nitriles is 2. The lowest BCUT2D eigenvalue weighted by Gasteiger charge is -2.21. The van der Waals surface area contributed by atoms with Crippen molar-refractivity contribution >= 4 is 43.6 Å². The Morgan fingerprint density at radius 3 is 1.05 bits per heavy atom. The van der Waals surface area contributed by atoms with Gasteiger partial charge in [-0.1, -0.05) is 60.4 Å². The molecule has 0 N–H and O–H groups in total. The summed E-state index contributed by atoms with van der Waals surface area (Å²) >= 11 is 0. The second-order valence-corrected chi connectivity index (χ2v) is 12.2. The van der Waals surface area contributed by atoms with Gasteiger partial charge in [0.15, 0.2) is 0 Å². The van der Waals surface area contributed by atoms with Gasteiger partial charge in [0.2, 0.25) is 0 Å². The first-order chi connectivity index (χ1) is 20.7. The Kier molecular flexibility index (Phi) is 5.94. The molecule has 0 aliphatic heterocycles. The van der Waals surface area contributed by atoms with Crippen molar-refractivity contribution in [3.63, 3.8) is 0 Å². The van der Waals surface area contributed by atoms with E-state index >= 15 is 0 Å². The molecule has 4 heteroatoms. The average molecular weight is 557 g/mol. The Bertz CT molecular complexity index is 2100. The molecule has 208 valence electrons. The summed E-state index contributed by atoms with van der Waals surface area (Å²) in [6, 6.07) is 33.2. The summed E-state index contributed by atoms with van der Waals surface area (Å²) in [5, 5.41) is 26.1. The first-order valence-electron chi connectivity index (χ1n) is 14.8. The fourth-order valence-electron chi connectivity index (χ4n) is 6.86. The van der Waals surface area contributed by atoms with E-state index in [-0.39, 0.29) is 5.92 Å². The van der Waals surface area contributed by atoms with Crippen LogP contribution in [-0.4, -0.2) is 9.13 Å². The first-order valence-corrected chi connectivity index (χ1v) is 14.8. The van der Waals surface area contributed by atoms with Gasteiger partial charge in [0.05, 0.1) is 44.6 Å². The number of nitrogens with zero attached hydrogens (tertiary/aromatic N) is 4. The van der Waals surface area contributed by atoms with Crippen LogP contribution >= 0.6 is 0 Å². The van der Waals surface area contributed by atoms with Gasteiger partial charge in [-0.3, -0.25) is 0 Å². The van der Waals surface area contributed by atoms with Gasteiger partial charge in [-0.25, -0.2) is 0 Å². The maximum atomic E-state index is 10.7. The van der Waals surface area contributed by atoms with Crippen LogP contribution in [0.4, 0.5) is 0 Å². The van der Waals surface area contributed by atoms with Gasteiger partial charge in [0.1, 0.15) is 12.1 Å². The predicted molar refractivity (Wildman–Crippen MR) is 178 cm³/mol. The number of fused-ring (bicyclic) bond motifs is 6. The van der Waals surface area contributed by atoms with Gasteiger partial charge < -0.3 is 9.13 Å². The highest BCUT2D eigenvalue weighted by molar-refractivity contribution is 6.11. The monoisotopic (exact) mass is 556 g/mol. The van der Waals surface area contributed by atoms with Crippen LogP contribution in [0.5, 0.6) is 0 Å². The van der Waals surface area contributed by atoms with E-state index in [0.717, 1.165) is 60.5 Å². The maximum absolute atomic E-state index is 10.7. The van der Waals surface area contributed by atoms with Crippen molar-refractivity contribution in [1.29, 1.82) is 10.5 Å². The SMILES string of the molecule is Cc1ccc2c(c1)c1cc(C)ccc1n2-c1cc(-n2c3ccc(C)cc3c3cc(C)ccc32)c(C#N)c(C(C)C)c1C#N. The molecule has 2 aromatic heterocycles. The second-order valence-electron chi connectivity index (χ2n) is 12.2. The minimum atomic E-state index is -0.0434. The van der Waals surface area contributed by atoms with Crippen LogP contribution < -0.4 is 0 Å². The molecule has 0 saturated carbocycles. The van der Waals surface area contributed by atoms with Crippen LogP contribution in [0.1, 0.15) is 58.7 Å². The topological polar surface area (TPSA) is 57.4 Å². The Labute approximate surface area is 251 Å². The Hall–Kier alpha value is -5.32. The van der Waals surface area contributed by atoms with Gasteiger partial charge in [0.25, 0.3) is 0 Å². The van der Waals surface area contributed by atoms with Crippen LogP contribution in [0.15, 0.2) is 78.9 Å². The summed E-state index contributed by atoms with van der Waals surface area (Å²) < 4.78 is 4.45. The number of rotatable bonds is 3. The van der Waals surface area contributed by atoms with Crippen molar-refractivity contribution < 1.29 is 0 Å². The molecule has 0 bridgehead atoms. The molecule has 0 unspecified atom stereocenters. The van der Waals surface area contributed by atoms with Gasteiger partial charge in [-0.15, -0.1) is 0 Å². The average Bonchev–Trinajstić information content (AvgIpc) is 3.46. The van der Waals surface area contributed by atoms with Gasteiger partial charge >= 0.3 is 0 Å².